The number of hydrogen-bond donors (Lipinski definition) is 3. The molecule has 0 aromatic heterocycles. The van der Waals surface area contributed by atoms with Gasteiger partial charge >= 0.3 is 0 Å². The van der Waals surface area contributed by atoms with Crippen molar-refractivity contribution in [2.24, 2.45) is 0 Å². The van der Waals surface area contributed by atoms with Gasteiger partial charge in [-0.3, -0.25) is 19.7 Å². The molecule has 0 bridgehead atoms. The Kier molecular flexibility index (Phi) is 5.66. The standard InChI is InChI=1S/C25H28N4O3/c30-23-8-7-22(24(31)28-23)29-15-18-6-5-16(13-20(18)25(29)32)14-27-21-4-2-1-3-19(21)17-9-11-26-12-10-17/h1-6,13,17,22,26-27H,7-12,14-15H2,(H,28,30,31). The van der Waals surface area contributed by atoms with Gasteiger partial charge < -0.3 is 15.5 Å². The second-order valence-electron chi connectivity index (χ2n) is 8.86. The predicted molar refractivity (Wildman–Crippen MR) is 121 cm³/mol. The molecule has 2 aromatic carbocycles. The van der Waals surface area contributed by atoms with E-state index in [1.54, 1.807) is 4.90 Å². The first-order valence-electron chi connectivity index (χ1n) is 11.4. The zero-order valence-electron chi connectivity index (χ0n) is 18.0. The minimum Gasteiger partial charge on any atom is -0.381 e. The SMILES string of the molecule is O=C1CCC(N2Cc3ccc(CNc4ccccc4C4CCNCC4)cc3C2=O)C(=O)N1. The van der Waals surface area contributed by atoms with Crippen molar-refractivity contribution in [3.63, 3.8) is 0 Å². The van der Waals surface area contributed by atoms with E-state index in [2.05, 4.69) is 40.2 Å². The number of rotatable bonds is 5. The van der Waals surface area contributed by atoms with E-state index in [4.69, 9.17) is 0 Å². The normalized spacial score (nSPS) is 21.4. The molecular weight excluding hydrogens is 404 g/mol. The first kappa shape index (κ1) is 20.7. The molecule has 2 aromatic rings. The maximum atomic E-state index is 13.0. The van der Waals surface area contributed by atoms with Crippen molar-refractivity contribution in [2.75, 3.05) is 18.4 Å². The highest BCUT2D eigenvalue weighted by atomic mass is 16.2. The molecule has 1 atom stereocenters. The number of anilines is 1. The predicted octanol–water partition coefficient (Wildman–Crippen LogP) is 2.53. The Bertz CT molecular complexity index is 1060. The summed E-state index contributed by atoms with van der Waals surface area (Å²) in [5.41, 5.74) is 5.12. The molecule has 7 nitrogen and oxygen atoms in total. The van der Waals surface area contributed by atoms with Crippen LogP contribution in [0.3, 0.4) is 0 Å². The van der Waals surface area contributed by atoms with Crippen LogP contribution in [0.4, 0.5) is 5.69 Å². The zero-order chi connectivity index (χ0) is 22.1. The molecule has 0 radical (unpaired) electrons. The summed E-state index contributed by atoms with van der Waals surface area (Å²) in [6.45, 7) is 3.14. The Morgan fingerprint density at radius 2 is 1.81 bits per heavy atom. The lowest BCUT2D eigenvalue weighted by molar-refractivity contribution is -0.136. The van der Waals surface area contributed by atoms with Gasteiger partial charge in [0, 0.05) is 30.8 Å². The van der Waals surface area contributed by atoms with Gasteiger partial charge in [0.25, 0.3) is 5.91 Å². The minimum absolute atomic E-state index is 0.133. The van der Waals surface area contributed by atoms with Gasteiger partial charge in [-0.2, -0.15) is 0 Å². The van der Waals surface area contributed by atoms with Crippen molar-refractivity contribution in [2.45, 2.75) is 50.7 Å². The number of nitrogens with zero attached hydrogens (tertiary/aromatic N) is 1. The second kappa shape index (κ2) is 8.74. The molecule has 32 heavy (non-hydrogen) atoms. The molecule has 0 aliphatic carbocycles. The van der Waals surface area contributed by atoms with Crippen molar-refractivity contribution in [1.82, 2.24) is 15.5 Å². The number of fused-ring (bicyclic) bond motifs is 1. The van der Waals surface area contributed by atoms with Gasteiger partial charge in [0.05, 0.1) is 0 Å². The summed E-state index contributed by atoms with van der Waals surface area (Å²) in [4.78, 5) is 38.3. The number of hydrogen-bond acceptors (Lipinski definition) is 5. The molecular formula is C25H28N4O3. The molecule has 2 fully saturated rings. The lowest BCUT2D eigenvalue weighted by Gasteiger charge is -2.29. The van der Waals surface area contributed by atoms with Gasteiger partial charge in [-0.1, -0.05) is 30.3 Å². The van der Waals surface area contributed by atoms with E-state index in [9.17, 15) is 14.4 Å². The summed E-state index contributed by atoms with van der Waals surface area (Å²) in [7, 11) is 0. The van der Waals surface area contributed by atoms with E-state index in [-0.39, 0.29) is 24.1 Å². The number of piperidine rings is 2. The number of imide groups is 1. The number of amides is 3. The van der Waals surface area contributed by atoms with Crippen molar-refractivity contribution in [1.29, 1.82) is 0 Å². The monoisotopic (exact) mass is 432 g/mol. The Morgan fingerprint density at radius 3 is 2.62 bits per heavy atom. The minimum atomic E-state index is -0.578. The van der Waals surface area contributed by atoms with Crippen LogP contribution in [-0.4, -0.2) is 41.8 Å². The van der Waals surface area contributed by atoms with Crippen LogP contribution >= 0.6 is 0 Å². The van der Waals surface area contributed by atoms with Crippen molar-refractivity contribution in [3.8, 4) is 0 Å². The first-order valence-corrected chi connectivity index (χ1v) is 11.4. The molecule has 166 valence electrons. The number of carbonyl (C=O) groups is 3. The van der Waals surface area contributed by atoms with Gasteiger partial charge in [0.15, 0.2) is 0 Å². The maximum Gasteiger partial charge on any atom is 0.255 e. The summed E-state index contributed by atoms with van der Waals surface area (Å²) in [5.74, 6) is -0.220. The van der Waals surface area contributed by atoms with E-state index in [1.807, 2.05) is 18.2 Å². The fraction of sp³-hybridized carbons (Fsp3) is 0.400. The van der Waals surface area contributed by atoms with Crippen LogP contribution in [0.15, 0.2) is 42.5 Å². The van der Waals surface area contributed by atoms with Crippen LogP contribution in [0.1, 0.15) is 58.6 Å². The van der Waals surface area contributed by atoms with Crippen molar-refractivity contribution < 1.29 is 14.4 Å². The Balaban J connectivity index is 1.29. The molecule has 3 N–H and O–H groups in total. The third kappa shape index (κ3) is 4.00. The molecule has 3 aliphatic heterocycles. The van der Waals surface area contributed by atoms with Crippen LogP contribution < -0.4 is 16.0 Å². The fourth-order valence-electron chi connectivity index (χ4n) is 5.06. The summed E-state index contributed by atoms with van der Waals surface area (Å²) in [6, 6.07) is 13.9. The summed E-state index contributed by atoms with van der Waals surface area (Å²) < 4.78 is 0. The number of benzene rings is 2. The molecule has 0 spiro atoms. The van der Waals surface area contributed by atoms with Gasteiger partial charge in [-0.25, -0.2) is 0 Å². The van der Waals surface area contributed by atoms with Crippen LogP contribution in [0, 0.1) is 0 Å². The number of carbonyl (C=O) groups excluding carboxylic acids is 3. The maximum absolute atomic E-state index is 13.0. The average molecular weight is 433 g/mol. The summed E-state index contributed by atoms with van der Waals surface area (Å²) >= 11 is 0. The fourth-order valence-corrected chi connectivity index (χ4v) is 5.06. The number of para-hydroxylation sites is 1. The smallest absolute Gasteiger partial charge is 0.255 e. The van der Waals surface area contributed by atoms with Gasteiger partial charge in [0.1, 0.15) is 6.04 Å². The second-order valence-corrected chi connectivity index (χ2v) is 8.86. The largest absolute Gasteiger partial charge is 0.381 e. The summed E-state index contributed by atoms with van der Waals surface area (Å²) in [6.07, 6.45) is 2.93. The molecule has 3 aliphatic rings. The lowest BCUT2D eigenvalue weighted by atomic mass is 9.89. The Morgan fingerprint density at radius 1 is 1.00 bits per heavy atom. The molecule has 5 rings (SSSR count). The van der Waals surface area contributed by atoms with Gasteiger partial charge in [-0.05, 0) is 67.1 Å². The topological polar surface area (TPSA) is 90.5 Å². The third-order valence-electron chi connectivity index (χ3n) is 6.82. The van der Waals surface area contributed by atoms with Crippen LogP contribution in [0.5, 0.6) is 0 Å². The molecule has 7 heteroatoms. The van der Waals surface area contributed by atoms with Crippen LogP contribution in [-0.2, 0) is 22.7 Å². The Hall–Kier alpha value is -3.19. The molecule has 3 amide bonds. The first-order chi connectivity index (χ1) is 15.6. The quantitative estimate of drug-likeness (QED) is 0.632. The van der Waals surface area contributed by atoms with Crippen LogP contribution in [0.25, 0.3) is 0 Å². The van der Waals surface area contributed by atoms with E-state index in [0.717, 1.165) is 42.7 Å². The van der Waals surface area contributed by atoms with E-state index in [1.165, 1.54) is 5.56 Å². The van der Waals surface area contributed by atoms with Gasteiger partial charge in [-0.15, -0.1) is 0 Å². The van der Waals surface area contributed by atoms with E-state index < -0.39 is 6.04 Å². The van der Waals surface area contributed by atoms with Crippen LogP contribution in [0.2, 0.25) is 0 Å². The highest BCUT2D eigenvalue weighted by Gasteiger charge is 2.39. The van der Waals surface area contributed by atoms with E-state index in [0.29, 0.717) is 31.0 Å². The molecule has 3 heterocycles. The molecule has 1 unspecified atom stereocenters. The molecule has 2 saturated heterocycles. The lowest BCUT2D eigenvalue weighted by Crippen LogP contribution is -2.52. The van der Waals surface area contributed by atoms with Gasteiger partial charge in [0.2, 0.25) is 11.8 Å². The van der Waals surface area contributed by atoms with Crippen molar-refractivity contribution >= 4 is 23.4 Å². The highest BCUT2D eigenvalue weighted by Crippen LogP contribution is 2.32. The average Bonchev–Trinajstić information content (AvgIpc) is 3.14. The molecule has 0 saturated carbocycles. The highest BCUT2D eigenvalue weighted by molar-refractivity contribution is 6.05. The summed E-state index contributed by atoms with van der Waals surface area (Å²) in [5, 5.41) is 9.35. The number of nitrogens with one attached hydrogen (secondary N) is 3. The Labute approximate surface area is 187 Å². The third-order valence-corrected chi connectivity index (χ3v) is 6.82. The zero-order valence-corrected chi connectivity index (χ0v) is 18.0. The van der Waals surface area contributed by atoms with Crippen molar-refractivity contribution in [3.05, 3.63) is 64.7 Å². The van der Waals surface area contributed by atoms with E-state index >= 15 is 0 Å².